The Bertz CT molecular complexity index is 611. The summed E-state index contributed by atoms with van der Waals surface area (Å²) in [5.74, 6) is 0.721. The first kappa shape index (κ1) is 14.1. The first-order valence-corrected chi connectivity index (χ1v) is 7.00. The van der Waals surface area contributed by atoms with Crippen LogP contribution in [0.15, 0.2) is 40.9 Å². The van der Waals surface area contributed by atoms with Crippen molar-refractivity contribution in [1.29, 1.82) is 0 Å². The molecule has 98 valence electrons. The Morgan fingerprint density at radius 1 is 1.21 bits per heavy atom. The normalized spacial score (nSPS) is 10.3. The van der Waals surface area contributed by atoms with Crippen molar-refractivity contribution in [3.63, 3.8) is 0 Å². The van der Waals surface area contributed by atoms with Crippen LogP contribution in [0.5, 0.6) is 5.75 Å². The molecule has 2 aromatic rings. The quantitative estimate of drug-likeness (QED) is 0.734. The van der Waals surface area contributed by atoms with Gasteiger partial charge in [0.15, 0.2) is 6.29 Å². The Morgan fingerprint density at radius 2 is 2.00 bits per heavy atom. The van der Waals surface area contributed by atoms with E-state index in [1.165, 1.54) is 0 Å². The number of hydrogen-bond acceptors (Lipinski definition) is 2. The second kappa shape index (κ2) is 6.22. The lowest BCUT2D eigenvalue weighted by molar-refractivity contribution is 0.112. The molecule has 0 fully saturated rings. The maximum Gasteiger partial charge on any atom is 0.150 e. The lowest BCUT2D eigenvalue weighted by Gasteiger charge is -2.11. The second-order valence-electron chi connectivity index (χ2n) is 3.92. The molecule has 0 spiro atoms. The molecule has 0 radical (unpaired) electrons. The van der Waals surface area contributed by atoms with E-state index in [1.807, 2.05) is 25.1 Å². The molecule has 0 aliphatic carbocycles. The summed E-state index contributed by atoms with van der Waals surface area (Å²) in [5, 5.41) is 0.597. The SMILES string of the molecule is CCOc1ccc(C=O)c(-c2cc(Br)ccc2Cl)c1. The summed E-state index contributed by atoms with van der Waals surface area (Å²) >= 11 is 9.62. The molecule has 0 amide bonds. The van der Waals surface area contributed by atoms with Gasteiger partial charge in [0.2, 0.25) is 0 Å². The highest BCUT2D eigenvalue weighted by Crippen LogP contribution is 2.34. The Hall–Kier alpha value is -1.32. The van der Waals surface area contributed by atoms with Crippen LogP contribution in [0.2, 0.25) is 5.02 Å². The van der Waals surface area contributed by atoms with Gasteiger partial charge in [-0.2, -0.15) is 0 Å². The van der Waals surface area contributed by atoms with Gasteiger partial charge in [-0.25, -0.2) is 0 Å². The van der Waals surface area contributed by atoms with E-state index in [0.717, 1.165) is 27.6 Å². The standard InChI is InChI=1S/C15H12BrClO2/c1-2-19-12-5-3-10(9-18)13(8-12)14-7-11(16)4-6-15(14)17/h3-9H,2H2,1H3. The fourth-order valence-electron chi connectivity index (χ4n) is 1.83. The number of aldehydes is 1. The molecule has 0 aromatic heterocycles. The van der Waals surface area contributed by atoms with Crippen LogP contribution >= 0.6 is 27.5 Å². The number of carbonyl (C=O) groups is 1. The van der Waals surface area contributed by atoms with Gasteiger partial charge in [-0.05, 0) is 48.9 Å². The number of benzene rings is 2. The van der Waals surface area contributed by atoms with Crippen molar-refractivity contribution in [3.8, 4) is 16.9 Å². The summed E-state index contributed by atoms with van der Waals surface area (Å²) in [6.45, 7) is 2.49. The molecule has 2 aromatic carbocycles. The Labute approximate surface area is 125 Å². The van der Waals surface area contributed by atoms with E-state index in [0.29, 0.717) is 17.2 Å². The van der Waals surface area contributed by atoms with Gasteiger partial charge in [0, 0.05) is 20.6 Å². The van der Waals surface area contributed by atoms with Crippen molar-refractivity contribution >= 4 is 33.8 Å². The molecule has 0 atom stereocenters. The maximum atomic E-state index is 11.2. The van der Waals surface area contributed by atoms with Crippen LogP contribution in [-0.2, 0) is 0 Å². The largest absolute Gasteiger partial charge is 0.494 e. The van der Waals surface area contributed by atoms with Crippen molar-refractivity contribution in [3.05, 3.63) is 51.5 Å². The molecule has 0 saturated carbocycles. The van der Waals surface area contributed by atoms with Gasteiger partial charge in [0.05, 0.1) is 6.61 Å². The molecule has 0 N–H and O–H groups in total. The van der Waals surface area contributed by atoms with E-state index < -0.39 is 0 Å². The molecule has 2 nitrogen and oxygen atoms in total. The van der Waals surface area contributed by atoms with Crippen molar-refractivity contribution in [1.82, 2.24) is 0 Å². The Balaban J connectivity index is 2.61. The molecule has 2 rings (SSSR count). The van der Waals surface area contributed by atoms with Crippen LogP contribution in [0.1, 0.15) is 17.3 Å². The van der Waals surface area contributed by atoms with E-state index in [9.17, 15) is 4.79 Å². The molecule has 4 heteroatoms. The minimum Gasteiger partial charge on any atom is -0.494 e. The highest BCUT2D eigenvalue weighted by molar-refractivity contribution is 9.10. The summed E-state index contributed by atoms with van der Waals surface area (Å²) in [7, 11) is 0. The van der Waals surface area contributed by atoms with Gasteiger partial charge in [-0.15, -0.1) is 0 Å². The second-order valence-corrected chi connectivity index (χ2v) is 5.25. The molecule has 0 aliphatic heterocycles. The van der Waals surface area contributed by atoms with Gasteiger partial charge < -0.3 is 4.74 Å². The zero-order chi connectivity index (χ0) is 13.8. The zero-order valence-corrected chi connectivity index (χ0v) is 12.7. The Morgan fingerprint density at radius 3 is 2.68 bits per heavy atom. The third kappa shape index (κ3) is 3.17. The summed E-state index contributed by atoms with van der Waals surface area (Å²) in [6.07, 6.45) is 0.822. The highest BCUT2D eigenvalue weighted by Gasteiger charge is 2.10. The maximum absolute atomic E-state index is 11.2. The van der Waals surface area contributed by atoms with E-state index in [4.69, 9.17) is 16.3 Å². The molecule has 0 unspecified atom stereocenters. The molecule has 19 heavy (non-hydrogen) atoms. The monoisotopic (exact) mass is 338 g/mol. The van der Waals surface area contributed by atoms with Crippen LogP contribution in [0.3, 0.4) is 0 Å². The minimum absolute atomic E-state index is 0.575. The molecular weight excluding hydrogens is 328 g/mol. The van der Waals surface area contributed by atoms with Gasteiger partial charge in [-0.3, -0.25) is 4.79 Å². The van der Waals surface area contributed by atoms with Crippen LogP contribution in [-0.4, -0.2) is 12.9 Å². The number of ether oxygens (including phenoxy) is 1. The number of carbonyl (C=O) groups excluding carboxylic acids is 1. The molecule has 0 saturated heterocycles. The average Bonchev–Trinajstić information content (AvgIpc) is 2.42. The predicted molar refractivity (Wildman–Crippen MR) is 81.1 cm³/mol. The van der Waals surface area contributed by atoms with E-state index in [1.54, 1.807) is 18.2 Å². The summed E-state index contributed by atoms with van der Waals surface area (Å²) in [6, 6.07) is 10.9. The number of halogens is 2. The van der Waals surface area contributed by atoms with Gasteiger partial charge in [-0.1, -0.05) is 27.5 Å². The van der Waals surface area contributed by atoms with Gasteiger partial charge in [0.1, 0.15) is 5.75 Å². The molecule has 0 bridgehead atoms. The van der Waals surface area contributed by atoms with E-state index in [2.05, 4.69) is 15.9 Å². The van der Waals surface area contributed by atoms with Crippen molar-refractivity contribution in [2.45, 2.75) is 6.92 Å². The zero-order valence-electron chi connectivity index (χ0n) is 10.3. The van der Waals surface area contributed by atoms with Crippen molar-refractivity contribution in [2.75, 3.05) is 6.61 Å². The van der Waals surface area contributed by atoms with E-state index in [-0.39, 0.29) is 0 Å². The third-order valence-electron chi connectivity index (χ3n) is 2.68. The fourth-order valence-corrected chi connectivity index (χ4v) is 2.41. The first-order valence-electron chi connectivity index (χ1n) is 5.83. The average molecular weight is 340 g/mol. The number of hydrogen-bond donors (Lipinski definition) is 0. The topological polar surface area (TPSA) is 26.3 Å². The Kier molecular flexibility index (Phi) is 4.61. The highest BCUT2D eigenvalue weighted by atomic mass is 79.9. The van der Waals surface area contributed by atoms with Crippen LogP contribution in [0.4, 0.5) is 0 Å². The molecular formula is C15H12BrClO2. The third-order valence-corrected chi connectivity index (χ3v) is 3.50. The smallest absolute Gasteiger partial charge is 0.150 e. The minimum atomic E-state index is 0.575. The summed E-state index contributed by atoms with van der Waals surface area (Å²) < 4.78 is 6.37. The van der Waals surface area contributed by atoms with Crippen molar-refractivity contribution < 1.29 is 9.53 Å². The van der Waals surface area contributed by atoms with E-state index >= 15 is 0 Å². The molecule has 0 heterocycles. The van der Waals surface area contributed by atoms with Crippen LogP contribution in [0, 0.1) is 0 Å². The summed E-state index contributed by atoms with van der Waals surface area (Å²) in [4.78, 5) is 11.2. The van der Waals surface area contributed by atoms with Gasteiger partial charge >= 0.3 is 0 Å². The fraction of sp³-hybridized carbons (Fsp3) is 0.133. The lowest BCUT2D eigenvalue weighted by atomic mass is 10.00. The predicted octanol–water partition coefficient (Wildman–Crippen LogP) is 4.98. The summed E-state index contributed by atoms with van der Waals surface area (Å²) in [5.41, 5.74) is 2.16. The first-order chi connectivity index (χ1) is 9.15. The number of rotatable bonds is 4. The molecule has 0 aliphatic rings. The van der Waals surface area contributed by atoms with Crippen LogP contribution in [0.25, 0.3) is 11.1 Å². The van der Waals surface area contributed by atoms with Gasteiger partial charge in [0.25, 0.3) is 0 Å². The van der Waals surface area contributed by atoms with Crippen molar-refractivity contribution in [2.24, 2.45) is 0 Å². The van der Waals surface area contributed by atoms with Crippen LogP contribution < -0.4 is 4.74 Å². The lowest BCUT2D eigenvalue weighted by Crippen LogP contribution is -1.94.